The van der Waals surface area contributed by atoms with Crippen molar-refractivity contribution in [3.05, 3.63) is 36.8 Å². The van der Waals surface area contributed by atoms with Gasteiger partial charge in [0.2, 0.25) is 5.75 Å². The van der Waals surface area contributed by atoms with E-state index in [1.165, 1.54) is 12.5 Å². The molecule has 2 nitrogen and oxygen atoms in total. The molecule has 0 aliphatic rings. The fraction of sp³-hybridized carbons (Fsp3) is 0. The highest BCUT2D eigenvalue weighted by Crippen LogP contribution is 2.22. The Hall–Kier alpha value is -1.57. The molecule has 1 aromatic heterocycles. The summed E-state index contributed by atoms with van der Waals surface area (Å²) in [7, 11) is 0. The van der Waals surface area contributed by atoms with Crippen molar-refractivity contribution in [2.75, 3.05) is 0 Å². The van der Waals surface area contributed by atoms with E-state index in [0.717, 1.165) is 5.56 Å². The Morgan fingerprint density at radius 3 is 2.45 bits per heavy atom. The van der Waals surface area contributed by atoms with E-state index in [1.54, 1.807) is 12.2 Å². The molecule has 0 amide bonds. The van der Waals surface area contributed by atoms with Crippen LogP contribution in [0, 0.1) is 0 Å². The van der Waals surface area contributed by atoms with E-state index in [9.17, 15) is 5.11 Å². The second kappa shape index (κ2) is 3.01. The predicted octanol–water partition coefficient (Wildman–Crippen LogP) is 2.55. The Morgan fingerprint density at radius 1 is 1.27 bits per heavy atom. The van der Waals surface area contributed by atoms with Gasteiger partial charge in [0.25, 0.3) is 0 Å². The maximum Gasteiger partial charge on any atom is 0.359 e. The molecule has 11 heavy (non-hydrogen) atoms. The number of hydrogen-bond donors (Lipinski definition) is 1. The zero-order chi connectivity index (χ0) is 8.27. The summed E-state index contributed by atoms with van der Waals surface area (Å²) in [5.74, 6) is 0.0809. The van der Waals surface area contributed by atoms with E-state index < -0.39 is 0 Å². The first kappa shape index (κ1) is 7.54. The van der Waals surface area contributed by atoms with E-state index >= 15 is 0 Å². The molecule has 0 aliphatic heterocycles. The monoisotopic (exact) mass is 149 g/mol. The lowest BCUT2D eigenvalue weighted by atomic mass is 10.1. The molecule has 0 fully saturated rings. The van der Waals surface area contributed by atoms with Gasteiger partial charge >= 0.3 is 12.5 Å². The Labute approximate surface area is 65.1 Å². The zero-order valence-electron chi connectivity index (χ0n) is 6.08. The highest BCUT2D eigenvalue weighted by atomic mass is 16.3. The molecule has 0 aliphatic carbocycles. The highest BCUT2D eigenvalue weighted by Gasteiger charge is 2.08. The van der Waals surface area contributed by atoms with Crippen LogP contribution in [-0.4, -0.2) is 5.11 Å². The molecule has 0 bridgehead atoms. The SMILES string of the molecule is C=Cc1c[o+]cc(O)c1C=C. The van der Waals surface area contributed by atoms with Crippen LogP contribution in [0.3, 0.4) is 0 Å². The smallest absolute Gasteiger partial charge is 0.359 e. The van der Waals surface area contributed by atoms with Gasteiger partial charge in [-0.1, -0.05) is 25.3 Å². The van der Waals surface area contributed by atoms with Crippen molar-refractivity contribution >= 4 is 12.2 Å². The van der Waals surface area contributed by atoms with Crippen molar-refractivity contribution in [1.29, 1.82) is 0 Å². The van der Waals surface area contributed by atoms with E-state index in [0.29, 0.717) is 5.56 Å². The van der Waals surface area contributed by atoms with Gasteiger partial charge < -0.3 is 5.11 Å². The molecule has 2 heteroatoms. The largest absolute Gasteiger partial charge is 0.500 e. The Kier molecular flexibility index (Phi) is 2.06. The summed E-state index contributed by atoms with van der Waals surface area (Å²) in [6.45, 7) is 7.11. The second-order valence-corrected chi connectivity index (χ2v) is 2.03. The van der Waals surface area contributed by atoms with Gasteiger partial charge in [0.05, 0.1) is 5.56 Å². The van der Waals surface area contributed by atoms with Gasteiger partial charge in [0, 0.05) is 5.56 Å². The Bertz CT molecular complexity index is 290. The van der Waals surface area contributed by atoms with Crippen LogP contribution in [0.2, 0.25) is 0 Å². The van der Waals surface area contributed by atoms with Crippen molar-refractivity contribution in [3.63, 3.8) is 0 Å². The van der Waals surface area contributed by atoms with E-state index in [2.05, 4.69) is 13.2 Å². The lowest BCUT2D eigenvalue weighted by Gasteiger charge is -1.93. The molecule has 1 N–H and O–H groups in total. The minimum absolute atomic E-state index is 0.0809. The predicted molar refractivity (Wildman–Crippen MR) is 45.0 cm³/mol. The molecule has 1 aromatic rings. The Morgan fingerprint density at radius 2 is 2.00 bits per heavy atom. The van der Waals surface area contributed by atoms with Crippen molar-refractivity contribution < 1.29 is 9.52 Å². The Balaban J connectivity index is 3.35. The van der Waals surface area contributed by atoms with Gasteiger partial charge in [-0.3, -0.25) is 0 Å². The first-order valence-corrected chi connectivity index (χ1v) is 3.17. The molecule has 0 atom stereocenters. The highest BCUT2D eigenvalue weighted by molar-refractivity contribution is 5.66. The third kappa shape index (κ3) is 1.29. The number of rotatable bonds is 2. The van der Waals surface area contributed by atoms with Crippen molar-refractivity contribution in [1.82, 2.24) is 0 Å². The second-order valence-electron chi connectivity index (χ2n) is 2.03. The summed E-state index contributed by atoms with van der Waals surface area (Å²) in [6.07, 6.45) is 5.91. The van der Waals surface area contributed by atoms with Crippen LogP contribution in [0.1, 0.15) is 11.1 Å². The van der Waals surface area contributed by atoms with Gasteiger partial charge in [0.15, 0.2) is 0 Å². The van der Waals surface area contributed by atoms with Gasteiger partial charge in [-0.05, 0) is 0 Å². The minimum atomic E-state index is 0.0809. The van der Waals surface area contributed by atoms with Crippen LogP contribution in [0.15, 0.2) is 30.1 Å². The number of aromatic hydroxyl groups is 1. The first-order chi connectivity index (χ1) is 5.29. The van der Waals surface area contributed by atoms with Crippen LogP contribution < -0.4 is 0 Å². The standard InChI is InChI=1S/C9H8O2/c1-3-7-5-11-6-9(10)8(7)4-2/h3-6H,1-2H2/p+1. The summed E-state index contributed by atoms with van der Waals surface area (Å²) in [4.78, 5) is 0. The van der Waals surface area contributed by atoms with Crippen LogP contribution in [0.5, 0.6) is 5.75 Å². The van der Waals surface area contributed by atoms with E-state index in [-0.39, 0.29) is 5.75 Å². The van der Waals surface area contributed by atoms with E-state index in [4.69, 9.17) is 4.42 Å². The van der Waals surface area contributed by atoms with Gasteiger partial charge in [-0.15, -0.1) is 0 Å². The third-order valence-electron chi connectivity index (χ3n) is 1.39. The molecular formula is C9H9O2+. The molecular weight excluding hydrogens is 140 g/mol. The summed E-state index contributed by atoms with van der Waals surface area (Å²) >= 11 is 0. The molecule has 1 rings (SSSR count). The van der Waals surface area contributed by atoms with Crippen molar-refractivity contribution in [3.8, 4) is 5.75 Å². The third-order valence-corrected chi connectivity index (χ3v) is 1.39. The van der Waals surface area contributed by atoms with Crippen LogP contribution in [-0.2, 0) is 0 Å². The zero-order valence-corrected chi connectivity index (χ0v) is 6.08. The summed E-state index contributed by atoms with van der Waals surface area (Å²) in [5.41, 5.74) is 1.38. The summed E-state index contributed by atoms with van der Waals surface area (Å²) < 4.78 is 4.80. The van der Waals surface area contributed by atoms with E-state index in [1.807, 2.05) is 0 Å². The molecule has 56 valence electrons. The average Bonchev–Trinajstić information content (AvgIpc) is 2.04. The molecule has 0 aromatic carbocycles. The number of hydrogen-bond acceptors (Lipinski definition) is 1. The lowest BCUT2D eigenvalue weighted by molar-refractivity contribution is 0.433. The molecule has 0 unspecified atom stereocenters. The summed E-state index contributed by atoms with van der Waals surface area (Å²) in [6, 6.07) is 0. The summed E-state index contributed by atoms with van der Waals surface area (Å²) in [5, 5.41) is 9.21. The topological polar surface area (TPSA) is 31.5 Å². The van der Waals surface area contributed by atoms with Crippen LogP contribution in [0.25, 0.3) is 12.2 Å². The molecule has 0 radical (unpaired) electrons. The fourth-order valence-corrected chi connectivity index (χ4v) is 0.827. The normalized spacial score (nSPS) is 9.09. The van der Waals surface area contributed by atoms with Crippen LogP contribution in [0.4, 0.5) is 0 Å². The average molecular weight is 149 g/mol. The minimum Gasteiger partial charge on any atom is -0.500 e. The quantitative estimate of drug-likeness (QED) is 0.655. The van der Waals surface area contributed by atoms with Crippen molar-refractivity contribution in [2.24, 2.45) is 0 Å². The van der Waals surface area contributed by atoms with Crippen LogP contribution >= 0.6 is 0 Å². The lowest BCUT2D eigenvalue weighted by Crippen LogP contribution is -1.79. The molecule has 1 heterocycles. The maximum atomic E-state index is 9.21. The molecule has 0 saturated heterocycles. The fourth-order valence-electron chi connectivity index (χ4n) is 0.827. The van der Waals surface area contributed by atoms with Gasteiger partial charge in [0.1, 0.15) is 0 Å². The van der Waals surface area contributed by atoms with Crippen molar-refractivity contribution in [2.45, 2.75) is 0 Å². The van der Waals surface area contributed by atoms with Gasteiger partial charge in [-0.2, -0.15) is 0 Å². The molecule has 0 saturated carbocycles. The van der Waals surface area contributed by atoms with Gasteiger partial charge in [-0.25, -0.2) is 4.42 Å². The first-order valence-electron chi connectivity index (χ1n) is 3.17. The molecule has 0 spiro atoms. The maximum absolute atomic E-state index is 9.21.